The molecular weight excluding hydrogens is 302 g/mol. The Labute approximate surface area is 119 Å². The highest BCUT2D eigenvalue weighted by Gasteiger charge is 2.14. The molecule has 3 rings (SSSR count). The Kier molecular flexibility index (Phi) is 3.13. The number of benzene rings is 2. The number of aromatic nitrogens is 1. The number of carbonyl (C=O) groups excluding carboxylic acids is 1. The van der Waals surface area contributed by atoms with Gasteiger partial charge < -0.3 is 0 Å². The summed E-state index contributed by atoms with van der Waals surface area (Å²) in [6.45, 7) is 0. The maximum Gasteiger partial charge on any atom is 0.195 e. The van der Waals surface area contributed by atoms with E-state index in [0.717, 1.165) is 10.9 Å². The molecule has 2 nitrogen and oxygen atoms in total. The normalized spacial score (nSPS) is 10.6. The van der Waals surface area contributed by atoms with E-state index in [1.165, 1.54) is 0 Å². The number of para-hydroxylation sites is 1. The zero-order valence-corrected chi connectivity index (χ0v) is 11.6. The molecule has 19 heavy (non-hydrogen) atoms. The van der Waals surface area contributed by atoms with Crippen LogP contribution < -0.4 is 0 Å². The second-order valence-corrected chi connectivity index (χ2v) is 4.97. The number of rotatable bonds is 2. The van der Waals surface area contributed by atoms with Gasteiger partial charge in [0.15, 0.2) is 5.78 Å². The fourth-order valence-corrected chi connectivity index (χ4v) is 2.48. The summed E-state index contributed by atoms with van der Waals surface area (Å²) in [5.74, 6) is -0.0225. The molecule has 0 atom stereocenters. The Morgan fingerprint density at radius 3 is 2.42 bits per heavy atom. The molecule has 0 N–H and O–H groups in total. The topological polar surface area (TPSA) is 30.0 Å². The minimum Gasteiger partial charge on any atom is -0.289 e. The fourth-order valence-electron chi connectivity index (χ4n) is 2.00. The zero-order valence-electron chi connectivity index (χ0n) is 10.0. The van der Waals surface area contributed by atoms with Gasteiger partial charge in [-0.05, 0) is 28.1 Å². The lowest BCUT2D eigenvalue weighted by Crippen LogP contribution is -2.03. The Hall–Kier alpha value is -2.00. The van der Waals surface area contributed by atoms with Gasteiger partial charge in [-0.25, -0.2) is 4.98 Å². The van der Waals surface area contributed by atoms with Crippen LogP contribution in [0.1, 0.15) is 15.9 Å². The maximum absolute atomic E-state index is 12.4. The van der Waals surface area contributed by atoms with Crippen molar-refractivity contribution in [3.8, 4) is 0 Å². The van der Waals surface area contributed by atoms with Gasteiger partial charge in [-0.1, -0.05) is 48.5 Å². The summed E-state index contributed by atoms with van der Waals surface area (Å²) in [7, 11) is 0. The lowest BCUT2D eigenvalue weighted by molar-refractivity contribution is 0.103. The molecule has 0 fully saturated rings. The standard InChI is InChI=1S/C16H10BrNO/c17-16-13(15(19)11-6-2-1-3-7-11)10-12-8-4-5-9-14(12)18-16/h1-10H. The molecular formula is C16H10BrNO. The number of fused-ring (bicyclic) bond motifs is 1. The van der Waals surface area contributed by atoms with E-state index in [0.29, 0.717) is 15.7 Å². The van der Waals surface area contributed by atoms with Crippen LogP contribution >= 0.6 is 15.9 Å². The first kappa shape index (κ1) is 12.1. The summed E-state index contributed by atoms with van der Waals surface area (Å²) < 4.78 is 0.583. The van der Waals surface area contributed by atoms with Crippen molar-refractivity contribution in [1.82, 2.24) is 4.98 Å². The molecule has 3 aromatic rings. The average molecular weight is 312 g/mol. The largest absolute Gasteiger partial charge is 0.289 e. The van der Waals surface area contributed by atoms with Gasteiger partial charge in [-0.3, -0.25) is 4.79 Å². The lowest BCUT2D eigenvalue weighted by atomic mass is 10.0. The van der Waals surface area contributed by atoms with Gasteiger partial charge in [0.25, 0.3) is 0 Å². The molecule has 0 radical (unpaired) electrons. The van der Waals surface area contributed by atoms with Gasteiger partial charge in [-0.2, -0.15) is 0 Å². The van der Waals surface area contributed by atoms with E-state index >= 15 is 0 Å². The predicted octanol–water partition coefficient (Wildman–Crippen LogP) is 4.23. The molecule has 0 amide bonds. The van der Waals surface area contributed by atoms with E-state index in [4.69, 9.17) is 0 Å². The molecule has 0 aliphatic carbocycles. The van der Waals surface area contributed by atoms with Crippen LogP contribution in [0.2, 0.25) is 0 Å². The first-order valence-electron chi connectivity index (χ1n) is 5.91. The SMILES string of the molecule is O=C(c1ccccc1)c1cc2ccccc2nc1Br. The highest BCUT2D eigenvalue weighted by Crippen LogP contribution is 2.23. The van der Waals surface area contributed by atoms with Crippen molar-refractivity contribution < 1.29 is 4.79 Å². The third-order valence-electron chi connectivity index (χ3n) is 2.96. The summed E-state index contributed by atoms with van der Waals surface area (Å²) >= 11 is 3.38. The summed E-state index contributed by atoms with van der Waals surface area (Å²) in [5.41, 5.74) is 2.13. The predicted molar refractivity (Wildman–Crippen MR) is 79.3 cm³/mol. The van der Waals surface area contributed by atoms with Crippen molar-refractivity contribution in [2.75, 3.05) is 0 Å². The quantitative estimate of drug-likeness (QED) is 0.523. The van der Waals surface area contributed by atoms with Crippen LogP contribution in [0.15, 0.2) is 65.3 Å². The number of halogens is 1. The number of hydrogen-bond donors (Lipinski definition) is 0. The van der Waals surface area contributed by atoms with Gasteiger partial charge in [0.05, 0.1) is 11.1 Å². The molecule has 1 heterocycles. The van der Waals surface area contributed by atoms with Crippen molar-refractivity contribution in [3.63, 3.8) is 0 Å². The van der Waals surface area contributed by atoms with E-state index < -0.39 is 0 Å². The number of pyridine rings is 1. The number of hydrogen-bond acceptors (Lipinski definition) is 2. The molecule has 1 aromatic heterocycles. The summed E-state index contributed by atoms with van der Waals surface area (Å²) in [6.07, 6.45) is 0. The number of ketones is 1. The third-order valence-corrected chi connectivity index (χ3v) is 3.56. The Balaban J connectivity index is 2.15. The minimum absolute atomic E-state index is 0.0225. The van der Waals surface area contributed by atoms with Gasteiger partial charge >= 0.3 is 0 Å². The van der Waals surface area contributed by atoms with Crippen molar-refractivity contribution in [1.29, 1.82) is 0 Å². The van der Waals surface area contributed by atoms with Crippen molar-refractivity contribution in [3.05, 3.63) is 76.4 Å². The van der Waals surface area contributed by atoms with E-state index in [1.54, 1.807) is 0 Å². The lowest BCUT2D eigenvalue weighted by Gasteiger charge is -2.05. The zero-order chi connectivity index (χ0) is 13.2. The molecule has 0 saturated carbocycles. The van der Waals surface area contributed by atoms with Crippen LogP contribution in [0.4, 0.5) is 0 Å². The smallest absolute Gasteiger partial charge is 0.195 e. The van der Waals surface area contributed by atoms with Crippen LogP contribution in [0.25, 0.3) is 10.9 Å². The average Bonchev–Trinajstić information content (AvgIpc) is 2.47. The highest BCUT2D eigenvalue weighted by molar-refractivity contribution is 9.10. The van der Waals surface area contributed by atoms with E-state index in [1.807, 2.05) is 60.7 Å². The van der Waals surface area contributed by atoms with Crippen LogP contribution in [0, 0.1) is 0 Å². The maximum atomic E-state index is 12.4. The molecule has 0 saturated heterocycles. The van der Waals surface area contributed by atoms with E-state index in [9.17, 15) is 4.79 Å². The number of nitrogens with zero attached hydrogens (tertiary/aromatic N) is 1. The fraction of sp³-hybridized carbons (Fsp3) is 0. The van der Waals surface area contributed by atoms with Gasteiger partial charge in [-0.15, -0.1) is 0 Å². The highest BCUT2D eigenvalue weighted by atomic mass is 79.9. The minimum atomic E-state index is -0.0225. The second kappa shape index (κ2) is 4.94. The van der Waals surface area contributed by atoms with Crippen molar-refractivity contribution in [2.24, 2.45) is 0 Å². The van der Waals surface area contributed by atoms with Gasteiger partial charge in [0.2, 0.25) is 0 Å². The van der Waals surface area contributed by atoms with E-state index in [-0.39, 0.29) is 5.78 Å². The molecule has 0 aliphatic rings. The summed E-state index contributed by atoms with van der Waals surface area (Å²) in [5, 5.41) is 0.963. The molecule has 0 unspecified atom stereocenters. The monoisotopic (exact) mass is 311 g/mol. The van der Waals surface area contributed by atoms with Crippen LogP contribution in [0.5, 0.6) is 0 Å². The molecule has 0 bridgehead atoms. The Bertz CT molecular complexity index is 753. The molecule has 3 heteroatoms. The second-order valence-electron chi connectivity index (χ2n) is 4.21. The summed E-state index contributed by atoms with van der Waals surface area (Å²) in [6, 6.07) is 18.9. The van der Waals surface area contributed by atoms with Gasteiger partial charge in [0.1, 0.15) is 4.60 Å². The number of carbonyl (C=O) groups is 1. The molecule has 92 valence electrons. The molecule has 0 aliphatic heterocycles. The molecule has 2 aromatic carbocycles. The van der Waals surface area contributed by atoms with Crippen molar-refractivity contribution >= 4 is 32.6 Å². The first-order valence-corrected chi connectivity index (χ1v) is 6.70. The first-order chi connectivity index (χ1) is 9.25. The van der Waals surface area contributed by atoms with Crippen LogP contribution in [0.3, 0.4) is 0 Å². The van der Waals surface area contributed by atoms with Gasteiger partial charge in [0, 0.05) is 10.9 Å². The third kappa shape index (κ3) is 2.29. The molecule has 0 spiro atoms. The van der Waals surface area contributed by atoms with Crippen LogP contribution in [-0.4, -0.2) is 10.8 Å². The summed E-state index contributed by atoms with van der Waals surface area (Å²) in [4.78, 5) is 16.9. The van der Waals surface area contributed by atoms with E-state index in [2.05, 4.69) is 20.9 Å². The Morgan fingerprint density at radius 1 is 0.947 bits per heavy atom. The van der Waals surface area contributed by atoms with Crippen molar-refractivity contribution in [2.45, 2.75) is 0 Å². The Morgan fingerprint density at radius 2 is 1.63 bits per heavy atom. The van der Waals surface area contributed by atoms with Crippen LogP contribution in [-0.2, 0) is 0 Å².